The maximum Gasteiger partial charge on any atom is 0.319 e. The molecule has 0 N–H and O–H groups in total. The topological polar surface area (TPSA) is 26.3 Å². The summed E-state index contributed by atoms with van der Waals surface area (Å²) in [5, 5.41) is -0.0186. The SMILES string of the molecule is O=C1OCCCCC1Sc1ccccc1. The van der Waals surface area contributed by atoms with Crippen molar-refractivity contribution in [2.45, 2.75) is 29.4 Å². The third-order valence-corrected chi connectivity index (χ3v) is 3.65. The Morgan fingerprint density at radius 2 is 2.00 bits per heavy atom. The highest BCUT2D eigenvalue weighted by Crippen LogP contribution is 2.28. The predicted octanol–water partition coefficient (Wildman–Crippen LogP) is 2.87. The van der Waals surface area contributed by atoms with Crippen molar-refractivity contribution < 1.29 is 9.53 Å². The Labute approximate surface area is 94.0 Å². The lowest BCUT2D eigenvalue weighted by molar-refractivity contribution is -0.142. The highest BCUT2D eigenvalue weighted by Gasteiger charge is 2.23. The molecule has 2 rings (SSSR count). The van der Waals surface area contributed by atoms with Gasteiger partial charge in [0, 0.05) is 4.90 Å². The molecule has 2 nitrogen and oxygen atoms in total. The van der Waals surface area contributed by atoms with Crippen LogP contribution in [-0.2, 0) is 9.53 Å². The zero-order valence-electron chi connectivity index (χ0n) is 8.52. The monoisotopic (exact) mass is 222 g/mol. The Bertz CT molecular complexity index is 324. The van der Waals surface area contributed by atoms with Gasteiger partial charge in [-0.1, -0.05) is 18.2 Å². The number of benzene rings is 1. The summed E-state index contributed by atoms with van der Waals surface area (Å²) < 4.78 is 5.13. The fourth-order valence-electron chi connectivity index (χ4n) is 1.59. The van der Waals surface area contributed by atoms with Crippen LogP contribution in [0, 0.1) is 0 Å². The van der Waals surface area contributed by atoms with Gasteiger partial charge in [-0.3, -0.25) is 4.79 Å². The van der Waals surface area contributed by atoms with Gasteiger partial charge in [0.05, 0.1) is 6.61 Å². The van der Waals surface area contributed by atoms with Gasteiger partial charge in [-0.15, -0.1) is 11.8 Å². The fraction of sp³-hybridized carbons (Fsp3) is 0.417. The van der Waals surface area contributed by atoms with E-state index in [-0.39, 0.29) is 11.2 Å². The molecule has 0 radical (unpaired) electrons. The van der Waals surface area contributed by atoms with Crippen LogP contribution < -0.4 is 0 Å². The molecule has 0 saturated carbocycles. The molecule has 0 spiro atoms. The minimum atomic E-state index is -0.0543. The normalized spacial score (nSPS) is 21.9. The molecule has 1 unspecified atom stereocenters. The van der Waals surface area contributed by atoms with E-state index >= 15 is 0 Å². The second kappa shape index (κ2) is 5.21. The molecule has 1 aromatic rings. The molecule has 1 aromatic carbocycles. The molecule has 1 saturated heterocycles. The average molecular weight is 222 g/mol. The van der Waals surface area contributed by atoms with Gasteiger partial charge in [-0.2, -0.15) is 0 Å². The molecule has 1 aliphatic rings. The minimum Gasteiger partial charge on any atom is -0.465 e. The Balaban J connectivity index is 2.01. The summed E-state index contributed by atoms with van der Waals surface area (Å²) in [5.74, 6) is -0.0543. The molecular weight excluding hydrogens is 208 g/mol. The Hall–Kier alpha value is -0.960. The molecule has 1 aliphatic heterocycles. The summed E-state index contributed by atoms with van der Waals surface area (Å²) in [6.45, 7) is 0.588. The number of esters is 1. The first-order chi connectivity index (χ1) is 7.36. The second-order valence-corrected chi connectivity index (χ2v) is 4.86. The molecule has 1 fully saturated rings. The number of thioether (sulfide) groups is 1. The van der Waals surface area contributed by atoms with Crippen molar-refractivity contribution in [3.63, 3.8) is 0 Å². The van der Waals surface area contributed by atoms with Crippen molar-refractivity contribution >= 4 is 17.7 Å². The van der Waals surface area contributed by atoms with E-state index in [1.807, 2.05) is 30.3 Å². The van der Waals surface area contributed by atoms with Crippen LogP contribution in [0.1, 0.15) is 19.3 Å². The lowest BCUT2D eigenvalue weighted by atomic mass is 10.2. The molecule has 0 aromatic heterocycles. The van der Waals surface area contributed by atoms with Gasteiger partial charge >= 0.3 is 5.97 Å². The van der Waals surface area contributed by atoms with Gasteiger partial charge in [-0.05, 0) is 31.4 Å². The number of hydrogen-bond acceptors (Lipinski definition) is 3. The van der Waals surface area contributed by atoms with Crippen LogP contribution >= 0.6 is 11.8 Å². The Morgan fingerprint density at radius 1 is 1.20 bits per heavy atom. The lowest BCUT2D eigenvalue weighted by Crippen LogP contribution is -2.17. The summed E-state index contributed by atoms with van der Waals surface area (Å²) in [4.78, 5) is 12.7. The third-order valence-electron chi connectivity index (χ3n) is 2.39. The lowest BCUT2D eigenvalue weighted by Gasteiger charge is -2.11. The number of carbonyl (C=O) groups is 1. The molecule has 1 heterocycles. The Morgan fingerprint density at radius 3 is 2.80 bits per heavy atom. The zero-order valence-corrected chi connectivity index (χ0v) is 9.33. The zero-order chi connectivity index (χ0) is 10.5. The highest BCUT2D eigenvalue weighted by molar-refractivity contribution is 8.00. The minimum absolute atomic E-state index is 0.0186. The van der Waals surface area contributed by atoms with Gasteiger partial charge in [0.2, 0.25) is 0 Å². The number of rotatable bonds is 2. The van der Waals surface area contributed by atoms with E-state index in [9.17, 15) is 4.79 Å². The molecule has 3 heteroatoms. The van der Waals surface area contributed by atoms with Crippen molar-refractivity contribution in [2.75, 3.05) is 6.61 Å². The van der Waals surface area contributed by atoms with E-state index in [2.05, 4.69) is 0 Å². The van der Waals surface area contributed by atoms with E-state index < -0.39 is 0 Å². The Kier molecular flexibility index (Phi) is 3.67. The molecule has 80 valence electrons. The van der Waals surface area contributed by atoms with Crippen molar-refractivity contribution in [3.05, 3.63) is 30.3 Å². The van der Waals surface area contributed by atoms with Gasteiger partial charge < -0.3 is 4.74 Å². The fourth-order valence-corrected chi connectivity index (χ4v) is 2.68. The summed E-state index contributed by atoms with van der Waals surface area (Å²) >= 11 is 1.61. The van der Waals surface area contributed by atoms with Crippen LogP contribution in [0.5, 0.6) is 0 Å². The maximum atomic E-state index is 11.6. The van der Waals surface area contributed by atoms with E-state index in [1.54, 1.807) is 11.8 Å². The first kappa shape index (κ1) is 10.6. The van der Waals surface area contributed by atoms with Crippen molar-refractivity contribution in [3.8, 4) is 0 Å². The molecular formula is C12H14O2S. The van der Waals surface area contributed by atoms with Gasteiger partial charge in [0.15, 0.2) is 0 Å². The van der Waals surface area contributed by atoms with Crippen LogP contribution in [0.15, 0.2) is 35.2 Å². The van der Waals surface area contributed by atoms with E-state index in [4.69, 9.17) is 4.74 Å². The van der Waals surface area contributed by atoms with Gasteiger partial charge in [0.1, 0.15) is 5.25 Å². The number of ether oxygens (including phenoxy) is 1. The average Bonchev–Trinajstić information content (AvgIpc) is 2.46. The van der Waals surface area contributed by atoms with Crippen LogP contribution in [0.3, 0.4) is 0 Å². The molecule has 15 heavy (non-hydrogen) atoms. The third kappa shape index (κ3) is 2.99. The summed E-state index contributed by atoms with van der Waals surface area (Å²) in [6, 6.07) is 10.0. The van der Waals surface area contributed by atoms with Crippen LogP contribution in [0.4, 0.5) is 0 Å². The first-order valence-electron chi connectivity index (χ1n) is 5.24. The molecule has 0 aliphatic carbocycles. The summed E-state index contributed by atoms with van der Waals surface area (Å²) in [7, 11) is 0. The molecule has 0 amide bonds. The van der Waals surface area contributed by atoms with Crippen LogP contribution in [0.2, 0.25) is 0 Å². The van der Waals surface area contributed by atoms with Crippen molar-refractivity contribution in [2.24, 2.45) is 0 Å². The van der Waals surface area contributed by atoms with Gasteiger partial charge in [0.25, 0.3) is 0 Å². The largest absolute Gasteiger partial charge is 0.465 e. The van der Waals surface area contributed by atoms with E-state index in [0.717, 1.165) is 24.2 Å². The second-order valence-electron chi connectivity index (χ2n) is 3.58. The maximum absolute atomic E-state index is 11.6. The quantitative estimate of drug-likeness (QED) is 0.720. The summed E-state index contributed by atoms with van der Waals surface area (Å²) in [5.41, 5.74) is 0. The molecule has 0 bridgehead atoms. The van der Waals surface area contributed by atoms with Crippen molar-refractivity contribution in [1.82, 2.24) is 0 Å². The number of cyclic esters (lactones) is 1. The smallest absolute Gasteiger partial charge is 0.319 e. The summed E-state index contributed by atoms with van der Waals surface area (Å²) in [6.07, 6.45) is 3.01. The standard InChI is InChI=1S/C12H14O2S/c13-12-11(8-4-5-9-14-12)15-10-6-2-1-3-7-10/h1-3,6-7,11H,4-5,8-9H2. The number of hydrogen-bond donors (Lipinski definition) is 0. The highest BCUT2D eigenvalue weighted by atomic mass is 32.2. The predicted molar refractivity (Wildman–Crippen MR) is 60.9 cm³/mol. The number of carbonyl (C=O) groups excluding carboxylic acids is 1. The molecule has 1 atom stereocenters. The van der Waals surface area contributed by atoms with Crippen molar-refractivity contribution in [1.29, 1.82) is 0 Å². The van der Waals surface area contributed by atoms with E-state index in [0.29, 0.717) is 6.61 Å². The van der Waals surface area contributed by atoms with Gasteiger partial charge in [-0.25, -0.2) is 0 Å². The van der Waals surface area contributed by atoms with Crippen LogP contribution in [0.25, 0.3) is 0 Å². The first-order valence-corrected chi connectivity index (χ1v) is 6.12. The van der Waals surface area contributed by atoms with Crippen LogP contribution in [-0.4, -0.2) is 17.8 Å². The van der Waals surface area contributed by atoms with E-state index in [1.165, 1.54) is 0 Å².